The van der Waals surface area contributed by atoms with Crippen LogP contribution in [-0.2, 0) is 6.42 Å². The summed E-state index contributed by atoms with van der Waals surface area (Å²) in [6.07, 6.45) is 1.01. The number of benzene rings is 1. The van der Waals surface area contributed by atoms with Gasteiger partial charge in [-0.15, -0.1) is 0 Å². The molecule has 1 rings (SSSR count). The van der Waals surface area contributed by atoms with Crippen LogP contribution in [0.4, 0.5) is 0 Å². The fourth-order valence-electron chi connectivity index (χ4n) is 1.83. The van der Waals surface area contributed by atoms with Gasteiger partial charge in [-0.1, -0.05) is 37.6 Å². The van der Waals surface area contributed by atoms with Crippen LogP contribution in [0.25, 0.3) is 0 Å². The van der Waals surface area contributed by atoms with Gasteiger partial charge in [0.2, 0.25) is 0 Å². The summed E-state index contributed by atoms with van der Waals surface area (Å²) >= 11 is 5.84. The highest BCUT2D eigenvalue weighted by molar-refractivity contribution is 6.30. The number of halogens is 1. The summed E-state index contributed by atoms with van der Waals surface area (Å²) in [5, 5.41) is 10.00. The Hall–Kier alpha value is -0.570. The van der Waals surface area contributed by atoms with E-state index in [0.29, 0.717) is 0 Å². The molecule has 0 spiro atoms. The monoisotopic (exact) mass is 255 g/mol. The Kier molecular flexibility index (Phi) is 5.44. The third kappa shape index (κ3) is 5.53. The molecule has 0 radical (unpaired) electrons. The van der Waals surface area contributed by atoms with Crippen LogP contribution in [0.2, 0.25) is 5.02 Å². The zero-order valence-electron chi connectivity index (χ0n) is 10.9. The van der Waals surface area contributed by atoms with E-state index in [1.807, 2.05) is 12.1 Å². The van der Waals surface area contributed by atoms with Crippen LogP contribution in [0.3, 0.4) is 0 Å². The largest absolute Gasteiger partial charge is 0.396 e. The first-order valence-corrected chi connectivity index (χ1v) is 6.34. The Balaban J connectivity index is 2.38. The van der Waals surface area contributed by atoms with E-state index in [0.717, 1.165) is 24.5 Å². The lowest BCUT2D eigenvalue weighted by Gasteiger charge is -2.28. The molecule has 1 N–H and O–H groups in total. The van der Waals surface area contributed by atoms with Crippen molar-refractivity contribution >= 4 is 11.6 Å². The number of aliphatic hydroxyl groups excluding tert-OH is 1. The Bertz CT molecular complexity index is 335. The molecule has 0 atom stereocenters. The normalized spacial score (nSPS) is 12.1. The minimum Gasteiger partial charge on any atom is -0.396 e. The van der Waals surface area contributed by atoms with Crippen molar-refractivity contribution in [2.24, 2.45) is 5.41 Å². The number of rotatable bonds is 6. The topological polar surface area (TPSA) is 23.5 Å². The fraction of sp³-hybridized carbons (Fsp3) is 0.571. The second-order valence-corrected chi connectivity index (χ2v) is 5.87. The van der Waals surface area contributed by atoms with Gasteiger partial charge in [0.15, 0.2) is 0 Å². The van der Waals surface area contributed by atoms with Crippen molar-refractivity contribution in [1.82, 2.24) is 4.90 Å². The molecule has 0 fully saturated rings. The number of hydrogen-bond donors (Lipinski definition) is 1. The molecule has 0 saturated carbocycles. The SMILES string of the molecule is CN(CCc1ccc(Cl)cc1)CC(C)(C)CO. The van der Waals surface area contributed by atoms with Crippen molar-refractivity contribution in [3.8, 4) is 0 Å². The highest BCUT2D eigenvalue weighted by Crippen LogP contribution is 2.15. The van der Waals surface area contributed by atoms with E-state index in [9.17, 15) is 5.11 Å². The van der Waals surface area contributed by atoms with E-state index in [1.54, 1.807) is 0 Å². The molecule has 0 saturated heterocycles. The summed E-state index contributed by atoms with van der Waals surface area (Å²) in [7, 11) is 2.09. The summed E-state index contributed by atoms with van der Waals surface area (Å²) in [6, 6.07) is 7.98. The average Bonchev–Trinajstić information content (AvgIpc) is 2.28. The first-order valence-electron chi connectivity index (χ1n) is 5.97. The lowest BCUT2D eigenvalue weighted by atomic mass is 9.94. The average molecular weight is 256 g/mol. The van der Waals surface area contributed by atoms with Crippen LogP contribution in [0.1, 0.15) is 19.4 Å². The van der Waals surface area contributed by atoms with Crippen molar-refractivity contribution < 1.29 is 5.11 Å². The Morgan fingerprint density at radius 2 is 1.82 bits per heavy atom. The molecule has 0 aliphatic rings. The van der Waals surface area contributed by atoms with Gasteiger partial charge in [0.25, 0.3) is 0 Å². The maximum Gasteiger partial charge on any atom is 0.0494 e. The van der Waals surface area contributed by atoms with E-state index in [1.165, 1.54) is 5.56 Å². The highest BCUT2D eigenvalue weighted by atomic mass is 35.5. The summed E-state index contributed by atoms with van der Waals surface area (Å²) in [5.74, 6) is 0. The zero-order valence-corrected chi connectivity index (χ0v) is 11.7. The van der Waals surface area contributed by atoms with E-state index < -0.39 is 0 Å². The number of aliphatic hydroxyl groups is 1. The van der Waals surface area contributed by atoms with Gasteiger partial charge in [-0.25, -0.2) is 0 Å². The lowest BCUT2D eigenvalue weighted by Crippen LogP contribution is -2.35. The molecule has 0 unspecified atom stereocenters. The minimum atomic E-state index is -0.0330. The number of hydrogen-bond acceptors (Lipinski definition) is 2. The summed E-state index contributed by atoms with van der Waals surface area (Å²) in [4.78, 5) is 2.25. The van der Waals surface area contributed by atoms with Crippen LogP contribution in [-0.4, -0.2) is 36.8 Å². The first kappa shape index (κ1) is 14.5. The molecule has 0 aromatic heterocycles. The molecular formula is C14H22ClNO. The van der Waals surface area contributed by atoms with Gasteiger partial charge in [0.05, 0.1) is 0 Å². The summed E-state index contributed by atoms with van der Waals surface area (Å²) in [5.41, 5.74) is 1.26. The first-order chi connectivity index (χ1) is 7.93. The van der Waals surface area contributed by atoms with E-state index in [4.69, 9.17) is 11.6 Å². The smallest absolute Gasteiger partial charge is 0.0494 e. The molecule has 0 aliphatic heterocycles. The van der Waals surface area contributed by atoms with Gasteiger partial charge in [0.1, 0.15) is 0 Å². The van der Waals surface area contributed by atoms with Gasteiger partial charge in [-0.3, -0.25) is 0 Å². The third-order valence-electron chi connectivity index (χ3n) is 2.82. The Morgan fingerprint density at radius 3 is 2.35 bits per heavy atom. The van der Waals surface area contributed by atoms with Crippen molar-refractivity contribution in [3.63, 3.8) is 0 Å². The molecule has 1 aromatic rings. The Labute approximate surface area is 109 Å². The second kappa shape index (κ2) is 6.39. The van der Waals surface area contributed by atoms with Gasteiger partial charge >= 0.3 is 0 Å². The molecule has 0 heterocycles. The summed E-state index contributed by atoms with van der Waals surface area (Å²) in [6.45, 7) is 6.26. The van der Waals surface area contributed by atoms with Crippen molar-refractivity contribution in [2.75, 3.05) is 26.7 Å². The van der Waals surface area contributed by atoms with Crippen LogP contribution >= 0.6 is 11.6 Å². The molecule has 96 valence electrons. The standard InChI is InChI=1S/C14H22ClNO/c1-14(2,11-17)10-16(3)9-8-12-4-6-13(15)7-5-12/h4-7,17H,8-11H2,1-3H3. The van der Waals surface area contributed by atoms with E-state index in [2.05, 4.69) is 37.9 Å². The van der Waals surface area contributed by atoms with Crippen LogP contribution in [0.5, 0.6) is 0 Å². The van der Waals surface area contributed by atoms with Gasteiger partial charge in [-0.05, 0) is 31.2 Å². The quantitative estimate of drug-likeness (QED) is 0.845. The van der Waals surface area contributed by atoms with Crippen LogP contribution in [0, 0.1) is 5.41 Å². The minimum absolute atomic E-state index is 0.0330. The maximum atomic E-state index is 9.22. The highest BCUT2D eigenvalue weighted by Gasteiger charge is 2.18. The predicted octanol–water partition coefficient (Wildman–Crippen LogP) is 2.83. The van der Waals surface area contributed by atoms with Crippen LogP contribution in [0.15, 0.2) is 24.3 Å². The number of likely N-dealkylation sites (N-methyl/N-ethyl adjacent to an activating group) is 1. The summed E-state index contributed by atoms with van der Waals surface area (Å²) < 4.78 is 0. The Morgan fingerprint density at radius 1 is 1.24 bits per heavy atom. The molecule has 1 aromatic carbocycles. The van der Waals surface area contributed by atoms with Gasteiger partial charge < -0.3 is 10.0 Å². The molecule has 3 heteroatoms. The van der Waals surface area contributed by atoms with Gasteiger partial charge in [-0.2, -0.15) is 0 Å². The van der Waals surface area contributed by atoms with Crippen molar-refractivity contribution in [2.45, 2.75) is 20.3 Å². The molecule has 0 bridgehead atoms. The van der Waals surface area contributed by atoms with Crippen molar-refractivity contribution in [3.05, 3.63) is 34.9 Å². The van der Waals surface area contributed by atoms with E-state index >= 15 is 0 Å². The third-order valence-corrected chi connectivity index (χ3v) is 3.07. The molecule has 17 heavy (non-hydrogen) atoms. The second-order valence-electron chi connectivity index (χ2n) is 5.44. The fourth-order valence-corrected chi connectivity index (χ4v) is 1.96. The van der Waals surface area contributed by atoms with Gasteiger partial charge in [0, 0.05) is 30.1 Å². The molecule has 0 aliphatic carbocycles. The van der Waals surface area contributed by atoms with Crippen LogP contribution < -0.4 is 0 Å². The molecule has 0 amide bonds. The van der Waals surface area contributed by atoms with E-state index in [-0.39, 0.29) is 12.0 Å². The number of nitrogens with zero attached hydrogens (tertiary/aromatic N) is 1. The zero-order chi connectivity index (χ0) is 12.9. The lowest BCUT2D eigenvalue weighted by molar-refractivity contribution is 0.116. The molecular weight excluding hydrogens is 234 g/mol. The van der Waals surface area contributed by atoms with Crippen molar-refractivity contribution in [1.29, 1.82) is 0 Å². The predicted molar refractivity (Wildman–Crippen MR) is 73.5 cm³/mol. The molecule has 2 nitrogen and oxygen atoms in total. The maximum absolute atomic E-state index is 9.22.